The second-order valence-electron chi connectivity index (χ2n) is 5.55. The molecule has 1 unspecified atom stereocenters. The molecule has 1 heteroatoms. The minimum atomic E-state index is 0.325. The van der Waals surface area contributed by atoms with Crippen molar-refractivity contribution in [2.75, 3.05) is 5.32 Å². The molecule has 2 rings (SSSR count). The minimum absolute atomic E-state index is 0.325. The van der Waals surface area contributed by atoms with Gasteiger partial charge >= 0.3 is 0 Å². The number of aryl methyl sites for hydroxylation is 1. The fraction of sp³-hybridized carbons (Fsp3) is 0.333. The molecule has 0 bridgehead atoms. The van der Waals surface area contributed by atoms with Crippen LogP contribution in [0.5, 0.6) is 0 Å². The summed E-state index contributed by atoms with van der Waals surface area (Å²) in [6, 6.07) is 17.8. The molecule has 0 heterocycles. The van der Waals surface area contributed by atoms with Gasteiger partial charge in [-0.05, 0) is 43.0 Å². The lowest BCUT2D eigenvalue weighted by molar-refractivity contribution is 0.862. The van der Waals surface area contributed by atoms with Gasteiger partial charge in [-0.2, -0.15) is 0 Å². The predicted molar refractivity (Wildman–Crippen MR) is 83.7 cm³/mol. The maximum absolute atomic E-state index is 3.54. The largest absolute Gasteiger partial charge is 0.379 e. The molecule has 1 N–H and O–H groups in total. The number of hydrogen-bond donors (Lipinski definition) is 1. The van der Waals surface area contributed by atoms with Crippen LogP contribution in [0.25, 0.3) is 0 Å². The van der Waals surface area contributed by atoms with Gasteiger partial charge in [-0.1, -0.05) is 55.8 Å². The van der Waals surface area contributed by atoms with E-state index in [1.807, 2.05) is 0 Å². The van der Waals surface area contributed by atoms with Crippen LogP contribution in [0.15, 0.2) is 48.5 Å². The molecule has 0 aromatic heterocycles. The first-order chi connectivity index (χ1) is 9.06. The first-order valence-corrected chi connectivity index (χ1v) is 6.99. The predicted octanol–water partition coefficient (Wildman–Crippen LogP) is 5.29. The number of nitrogens with one attached hydrogen (secondary N) is 1. The van der Waals surface area contributed by atoms with Crippen molar-refractivity contribution in [2.45, 2.75) is 39.7 Å². The lowest BCUT2D eigenvalue weighted by Crippen LogP contribution is -2.06. The SMILES string of the molecule is Cc1ccc(C(C)Nc2ccc(C(C)C)cc2)cc1. The van der Waals surface area contributed by atoms with Crippen LogP contribution in [0.1, 0.15) is 49.4 Å². The molecule has 19 heavy (non-hydrogen) atoms. The van der Waals surface area contributed by atoms with Gasteiger partial charge < -0.3 is 5.32 Å². The highest BCUT2D eigenvalue weighted by molar-refractivity contribution is 5.47. The number of hydrogen-bond acceptors (Lipinski definition) is 1. The van der Waals surface area contributed by atoms with Gasteiger partial charge in [-0.3, -0.25) is 0 Å². The van der Waals surface area contributed by atoms with E-state index in [-0.39, 0.29) is 0 Å². The molecule has 0 spiro atoms. The Bertz CT molecular complexity index is 508. The van der Waals surface area contributed by atoms with Gasteiger partial charge in [-0.25, -0.2) is 0 Å². The number of rotatable bonds is 4. The average molecular weight is 253 g/mol. The van der Waals surface area contributed by atoms with E-state index in [9.17, 15) is 0 Å². The molecule has 0 amide bonds. The van der Waals surface area contributed by atoms with Crippen molar-refractivity contribution in [1.82, 2.24) is 0 Å². The molecular weight excluding hydrogens is 230 g/mol. The van der Waals surface area contributed by atoms with Crippen LogP contribution < -0.4 is 5.32 Å². The standard InChI is InChI=1S/C18H23N/c1-13(2)16-9-11-18(12-10-16)19-15(4)17-7-5-14(3)6-8-17/h5-13,15,19H,1-4H3. The molecular formula is C18H23N. The van der Waals surface area contributed by atoms with E-state index >= 15 is 0 Å². The zero-order valence-corrected chi connectivity index (χ0v) is 12.3. The molecule has 0 saturated heterocycles. The highest BCUT2D eigenvalue weighted by atomic mass is 14.9. The number of benzene rings is 2. The topological polar surface area (TPSA) is 12.0 Å². The van der Waals surface area contributed by atoms with Crippen LogP contribution in [-0.2, 0) is 0 Å². The van der Waals surface area contributed by atoms with E-state index in [1.165, 1.54) is 22.4 Å². The summed E-state index contributed by atoms with van der Waals surface area (Å²) in [6.07, 6.45) is 0. The van der Waals surface area contributed by atoms with Crippen molar-refractivity contribution in [3.63, 3.8) is 0 Å². The normalized spacial score (nSPS) is 12.5. The maximum atomic E-state index is 3.54. The molecule has 0 radical (unpaired) electrons. The van der Waals surface area contributed by atoms with Gasteiger partial charge in [0.25, 0.3) is 0 Å². The zero-order valence-electron chi connectivity index (χ0n) is 12.3. The highest BCUT2D eigenvalue weighted by Crippen LogP contribution is 2.22. The first kappa shape index (κ1) is 13.7. The van der Waals surface area contributed by atoms with Crippen molar-refractivity contribution >= 4 is 5.69 Å². The van der Waals surface area contributed by atoms with Crippen LogP contribution in [0, 0.1) is 6.92 Å². The number of anilines is 1. The third-order valence-corrected chi connectivity index (χ3v) is 3.54. The molecule has 2 aromatic carbocycles. The van der Waals surface area contributed by atoms with Gasteiger partial charge in [-0.15, -0.1) is 0 Å². The Morgan fingerprint density at radius 3 is 1.79 bits per heavy atom. The van der Waals surface area contributed by atoms with Gasteiger partial charge in [0.2, 0.25) is 0 Å². The van der Waals surface area contributed by atoms with Gasteiger partial charge in [0, 0.05) is 11.7 Å². The molecule has 0 aliphatic heterocycles. The molecule has 0 fully saturated rings. The van der Waals surface area contributed by atoms with E-state index in [2.05, 4.69) is 81.5 Å². The summed E-state index contributed by atoms with van der Waals surface area (Å²) in [7, 11) is 0. The summed E-state index contributed by atoms with van der Waals surface area (Å²) < 4.78 is 0. The van der Waals surface area contributed by atoms with Crippen LogP contribution in [0.4, 0.5) is 5.69 Å². The van der Waals surface area contributed by atoms with Gasteiger partial charge in [0.1, 0.15) is 0 Å². The maximum Gasteiger partial charge on any atom is 0.0485 e. The Morgan fingerprint density at radius 2 is 1.26 bits per heavy atom. The van der Waals surface area contributed by atoms with Crippen molar-refractivity contribution in [3.05, 3.63) is 65.2 Å². The molecule has 100 valence electrons. The van der Waals surface area contributed by atoms with Crippen LogP contribution in [0.3, 0.4) is 0 Å². The zero-order chi connectivity index (χ0) is 13.8. The van der Waals surface area contributed by atoms with Crippen molar-refractivity contribution in [2.24, 2.45) is 0 Å². The van der Waals surface area contributed by atoms with E-state index in [0.717, 1.165) is 0 Å². The van der Waals surface area contributed by atoms with Gasteiger partial charge in [0.15, 0.2) is 0 Å². The summed E-state index contributed by atoms with van der Waals surface area (Å²) in [5.41, 5.74) is 5.18. The second kappa shape index (κ2) is 5.92. The third kappa shape index (κ3) is 3.60. The van der Waals surface area contributed by atoms with Crippen molar-refractivity contribution < 1.29 is 0 Å². The quantitative estimate of drug-likeness (QED) is 0.780. The molecule has 0 aliphatic carbocycles. The van der Waals surface area contributed by atoms with Crippen molar-refractivity contribution in [1.29, 1.82) is 0 Å². The smallest absolute Gasteiger partial charge is 0.0485 e. The first-order valence-electron chi connectivity index (χ1n) is 6.99. The Hall–Kier alpha value is -1.76. The molecule has 1 nitrogen and oxygen atoms in total. The Kier molecular flexibility index (Phi) is 4.26. The molecule has 2 aromatic rings. The molecule has 0 saturated carbocycles. The summed E-state index contributed by atoms with van der Waals surface area (Å²) >= 11 is 0. The van der Waals surface area contributed by atoms with Crippen molar-refractivity contribution in [3.8, 4) is 0 Å². The van der Waals surface area contributed by atoms with E-state index in [4.69, 9.17) is 0 Å². The van der Waals surface area contributed by atoms with E-state index in [0.29, 0.717) is 12.0 Å². The van der Waals surface area contributed by atoms with Gasteiger partial charge in [0.05, 0.1) is 0 Å². The molecule has 1 atom stereocenters. The molecule has 0 aliphatic rings. The fourth-order valence-corrected chi connectivity index (χ4v) is 2.15. The Morgan fingerprint density at radius 1 is 0.737 bits per heavy atom. The lowest BCUT2D eigenvalue weighted by Gasteiger charge is -2.16. The lowest BCUT2D eigenvalue weighted by atomic mass is 10.0. The van der Waals surface area contributed by atoms with Crippen LogP contribution >= 0.6 is 0 Å². The Balaban J connectivity index is 2.06. The summed E-state index contributed by atoms with van der Waals surface area (Å²) in [5, 5.41) is 3.54. The second-order valence-corrected chi connectivity index (χ2v) is 5.55. The summed E-state index contributed by atoms with van der Waals surface area (Å²) in [5.74, 6) is 0.587. The summed E-state index contributed by atoms with van der Waals surface area (Å²) in [4.78, 5) is 0. The minimum Gasteiger partial charge on any atom is -0.379 e. The van der Waals surface area contributed by atoms with E-state index in [1.54, 1.807) is 0 Å². The van der Waals surface area contributed by atoms with Crippen LogP contribution in [-0.4, -0.2) is 0 Å². The summed E-state index contributed by atoms with van der Waals surface area (Å²) in [6.45, 7) is 8.75. The monoisotopic (exact) mass is 253 g/mol. The fourth-order valence-electron chi connectivity index (χ4n) is 2.15. The van der Waals surface area contributed by atoms with Crippen LogP contribution in [0.2, 0.25) is 0 Å². The van der Waals surface area contributed by atoms with E-state index < -0.39 is 0 Å². The Labute approximate surface area is 116 Å². The highest BCUT2D eigenvalue weighted by Gasteiger charge is 2.05. The average Bonchev–Trinajstić information content (AvgIpc) is 2.40. The third-order valence-electron chi connectivity index (χ3n) is 3.54.